The third-order valence-corrected chi connectivity index (χ3v) is 5.02. The van der Waals surface area contributed by atoms with Crippen molar-refractivity contribution in [3.8, 4) is 17.1 Å². The van der Waals surface area contributed by atoms with Crippen molar-refractivity contribution in [1.82, 2.24) is 14.5 Å². The van der Waals surface area contributed by atoms with Crippen molar-refractivity contribution in [2.45, 2.75) is 13.0 Å². The molecule has 1 aliphatic rings. The monoisotopic (exact) mass is 322 g/mol. The quantitative estimate of drug-likeness (QED) is 0.580. The van der Waals surface area contributed by atoms with Gasteiger partial charge in [0, 0.05) is 12.1 Å². The molecule has 0 fully saturated rings. The molecule has 0 bridgehead atoms. The number of thiazole rings is 1. The molecule has 4 aromatic rings. The smallest absolute Gasteiger partial charge is 0.181 e. The summed E-state index contributed by atoms with van der Waals surface area (Å²) in [5.41, 5.74) is 9.90. The highest BCUT2D eigenvalue weighted by Gasteiger charge is 2.19. The largest absolute Gasteiger partial charge is 0.491 e. The summed E-state index contributed by atoms with van der Waals surface area (Å²) < 4.78 is 9.21. The highest BCUT2D eigenvalue weighted by Crippen LogP contribution is 2.35. The van der Waals surface area contributed by atoms with E-state index in [1.54, 1.807) is 0 Å². The first-order chi connectivity index (χ1) is 11.3. The van der Waals surface area contributed by atoms with Gasteiger partial charge in [-0.25, -0.2) is 9.97 Å². The van der Waals surface area contributed by atoms with Gasteiger partial charge in [0.15, 0.2) is 5.13 Å². The van der Waals surface area contributed by atoms with Crippen LogP contribution >= 0.6 is 11.3 Å². The molecule has 0 spiro atoms. The molecule has 0 aliphatic carbocycles. The normalized spacial score (nSPS) is 14.1. The predicted octanol–water partition coefficient (Wildman–Crippen LogP) is 3.68. The van der Waals surface area contributed by atoms with Crippen LogP contribution in [0.1, 0.15) is 6.42 Å². The molecule has 6 heteroatoms. The molecule has 0 saturated carbocycles. The fourth-order valence-electron chi connectivity index (χ4n) is 3.19. The molecular weight excluding hydrogens is 308 g/mol. The maximum absolute atomic E-state index is 5.86. The zero-order valence-electron chi connectivity index (χ0n) is 12.3. The predicted molar refractivity (Wildman–Crippen MR) is 92.9 cm³/mol. The van der Waals surface area contributed by atoms with E-state index in [0.717, 1.165) is 58.0 Å². The number of aryl methyl sites for hydroxylation is 1. The summed E-state index contributed by atoms with van der Waals surface area (Å²) in [4.78, 5) is 9.17. The van der Waals surface area contributed by atoms with Crippen molar-refractivity contribution in [2.24, 2.45) is 0 Å². The third kappa shape index (κ3) is 1.91. The Balaban J connectivity index is 1.79. The highest BCUT2D eigenvalue weighted by molar-refractivity contribution is 7.22. The Morgan fingerprint density at radius 2 is 2.09 bits per heavy atom. The van der Waals surface area contributed by atoms with Gasteiger partial charge < -0.3 is 15.0 Å². The van der Waals surface area contributed by atoms with Crippen LogP contribution in [0.15, 0.2) is 36.4 Å². The molecule has 0 atom stereocenters. The molecule has 5 rings (SSSR count). The first-order valence-electron chi connectivity index (χ1n) is 7.58. The minimum Gasteiger partial charge on any atom is -0.491 e. The average Bonchev–Trinajstić information content (AvgIpc) is 3.02. The number of hydrogen-bond acceptors (Lipinski definition) is 5. The highest BCUT2D eigenvalue weighted by atomic mass is 32.1. The van der Waals surface area contributed by atoms with Gasteiger partial charge in [0.05, 0.1) is 22.3 Å². The Kier molecular flexibility index (Phi) is 2.63. The summed E-state index contributed by atoms with van der Waals surface area (Å²) in [7, 11) is 0. The molecule has 2 aromatic heterocycles. The standard InChI is InChI=1S/C17H14N4OS/c18-17-20-11-6-5-10(9-14(11)23-17)16-19-12-3-1-4-13-15(12)21(16)7-2-8-22-13/h1,3-6,9H,2,7-8H2,(H2,18,20). The lowest BCUT2D eigenvalue weighted by Crippen LogP contribution is -2.01. The number of hydrogen-bond donors (Lipinski definition) is 1. The van der Waals surface area contributed by atoms with E-state index >= 15 is 0 Å². The molecule has 3 heterocycles. The van der Waals surface area contributed by atoms with Gasteiger partial charge in [0.2, 0.25) is 0 Å². The number of nitrogens with zero attached hydrogens (tertiary/aromatic N) is 3. The molecule has 1 aliphatic heterocycles. The molecule has 5 nitrogen and oxygen atoms in total. The number of nitrogens with two attached hydrogens (primary N) is 1. The Hall–Kier alpha value is -2.60. The van der Waals surface area contributed by atoms with Gasteiger partial charge in [-0.05, 0) is 36.8 Å². The number of rotatable bonds is 1. The second kappa shape index (κ2) is 4.70. The molecule has 2 aromatic carbocycles. The van der Waals surface area contributed by atoms with Crippen LogP contribution in [0, 0.1) is 0 Å². The average molecular weight is 322 g/mol. The van der Waals surface area contributed by atoms with E-state index in [9.17, 15) is 0 Å². The summed E-state index contributed by atoms with van der Waals surface area (Å²) in [5.74, 6) is 1.90. The van der Waals surface area contributed by atoms with Crippen molar-refractivity contribution in [3.05, 3.63) is 36.4 Å². The van der Waals surface area contributed by atoms with Gasteiger partial charge in [0.25, 0.3) is 0 Å². The van der Waals surface area contributed by atoms with Gasteiger partial charge in [-0.1, -0.05) is 17.4 Å². The number of fused-ring (bicyclic) bond motifs is 1. The Bertz CT molecular complexity index is 1050. The van der Waals surface area contributed by atoms with Gasteiger partial charge >= 0.3 is 0 Å². The van der Waals surface area contributed by atoms with Crippen LogP contribution in [0.5, 0.6) is 5.75 Å². The van der Waals surface area contributed by atoms with E-state index in [4.69, 9.17) is 15.5 Å². The molecule has 0 saturated heterocycles. The van der Waals surface area contributed by atoms with Crippen molar-refractivity contribution in [1.29, 1.82) is 0 Å². The van der Waals surface area contributed by atoms with Crippen LogP contribution < -0.4 is 10.5 Å². The van der Waals surface area contributed by atoms with Gasteiger partial charge in [-0.3, -0.25) is 0 Å². The number of ether oxygens (including phenoxy) is 1. The molecule has 2 N–H and O–H groups in total. The summed E-state index contributed by atoms with van der Waals surface area (Å²) in [5, 5.41) is 0.597. The van der Waals surface area contributed by atoms with Crippen LogP contribution in [0.3, 0.4) is 0 Å². The Labute approximate surface area is 136 Å². The molecule has 0 amide bonds. The van der Waals surface area contributed by atoms with Gasteiger partial charge in [0.1, 0.15) is 17.1 Å². The fraction of sp³-hybridized carbons (Fsp3) is 0.176. The van der Waals surface area contributed by atoms with Crippen molar-refractivity contribution in [3.63, 3.8) is 0 Å². The SMILES string of the molecule is Nc1nc2ccc(-c3nc4cccc5c4n3CCCO5)cc2s1. The summed E-state index contributed by atoms with van der Waals surface area (Å²) in [6, 6.07) is 12.3. The lowest BCUT2D eigenvalue weighted by atomic mass is 10.2. The number of benzene rings is 2. The summed E-state index contributed by atoms with van der Waals surface area (Å²) in [6.07, 6.45) is 0.975. The van der Waals surface area contributed by atoms with Crippen LogP contribution in [-0.4, -0.2) is 21.1 Å². The van der Waals surface area contributed by atoms with Gasteiger partial charge in [-0.15, -0.1) is 0 Å². The maximum atomic E-state index is 5.86. The van der Waals surface area contributed by atoms with E-state index in [2.05, 4.69) is 21.7 Å². The number of anilines is 1. The van der Waals surface area contributed by atoms with E-state index < -0.39 is 0 Å². The fourth-order valence-corrected chi connectivity index (χ4v) is 3.97. The van der Waals surface area contributed by atoms with Crippen LogP contribution in [0.4, 0.5) is 5.13 Å². The minimum atomic E-state index is 0.597. The second-order valence-electron chi connectivity index (χ2n) is 5.65. The van der Waals surface area contributed by atoms with Crippen LogP contribution in [0.25, 0.3) is 32.6 Å². The maximum Gasteiger partial charge on any atom is 0.181 e. The van der Waals surface area contributed by atoms with Crippen LogP contribution in [0.2, 0.25) is 0 Å². The van der Waals surface area contributed by atoms with Crippen molar-refractivity contribution in [2.75, 3.05) is 12.3 Å². The second-order valence-corrected chi connectivity index (χ2v) is 6.71. The van der Waals surface area contributed by atoms with Gasteiger partial charge in [-0.2, -0.15) is 0 Å². The lowest BCUT2D eigenvalue weighted by Gasteiger charge is -2.06. The first-order valence-corrected chi connectivity index (χ1v) is 8.40. The number of imidazole rings is 1. The molecular formula is C17H14N4OS. The van der Waals surface area contributed by atoms with Crippen molar-refractivity contribution < 1.29 is 4.74 Å². The van der Waals surface area contributed by atoms with E-state index in [1.807, 2.05) is 24.3 Å². The van der Waals surface area contributed by atoms with Crippen molar-refractivity contribution >= 4 is 37.7 Å². The lowest BCUT2D eigenvalue weighted by molar-refractivity contribution is 0.316. The summed E-state index contributed by atoms with van der Waals surface area (Å²) in [6.45, 7) is 1.65. The zero-order valence-corrected chi connectivity index (χ0v) is 13.1. The zero-order chi connectivity index (χ0) is 15.4. The van der Waals surface area contributed by atoms with Crippen LogP contribution in [-0.2, 0) is 6.54 Å². The van der Waals surface area contributed by atoms with E-state index in [1.165, 1.54) is 11.3 Å². The number of para-hydroxylation sites is 1. The Morgan fingerprint density at radius 1 is 1.13 bits per heavy atom. The third-order valence-electron chi connectivity index (χ3n) is 4.18. The summed E-state index contributed by atoms with van der Waals surface area (Å²) >= 11 is 1.51. The number of nitrogen functional groups attached to an aromatic ring is 1. The molecule has 0 unspecified atom stereocenters. The van der Waals surface area contributed by atoms with E-state index in [0.29, 0.717) is 5.13 Å². The minimum absolute atomic E-state index is 0.597. The molecule has 114 valence electrons. The van der Waals surface area contributed by atoms with E-state index in [-0.39, 0.29) is 0 Å². The molecule has 0 radical (unpaired) electrons. The molecule has 23 heavy (non-hydrogen) atoms. The first kappa shape index (κ1) is 12.9. The number of aromatic nitrogens is 3. The topological polar surface area (TPSA) is 66.0 Å². The Morgan fingerprint density at radius 3 is 3.04 bits per heavy atom.